The first-order chi connectivity index (χ1) is 20.4. The minimum Gasteiger partial charge on any atom is -0.351 e. The Kier molecular flexibility index (Phi) is 15.6. The fraction of sp³-hybridized carbons (Fsp3) is 0.486. The van der Waals surface area contributed by atoms with Crippen molar-refractivity contribution in [2.75, 3.05) is 6.54 Å². The summed E-state index contributed by atoms with van der Waals surface area (Å²) in [5, 5.41) is 9.40. The molecule has 1 heterocycles. The summed E-state index contributed by atoms with van der Waals surface area (Å²) in [4.78, 5) is 13.2. The van der Waals surface area contributed by atoms with Gasteiger partial charge in [-0.3, -0.25) is 4.79 Å². The Hall–Kier alpha value is -2.27. The molecule has 0 aliphatic rings. The molecule has 7 heteroatoms. The number of carbonyl (C=O) groups is 1. The summed E-state index contributed by atoms with van der Waals surface area (Å²) in [5.41, 5.74) is 3.50. The molecule has 228 valence electrons. The van der Waals surface area contributed by atoms with Crippen molar-refractivity contribution < 1.29 is 4.79 Å². The van der Waals surface area contributed by atoms with Gasteiger partial charge >= 0.3 is 0 Å². The first-order valence-corrected chi connectivity index (χ1v) is 16.8. The summed E-state index contributed by atoms with van der Waals surface area (Å²) in [6, 6.07) is 12.7. The number of nitrogens with zero attached hydrogens (tertiary/aromatic N) is 2. The van der Waals surface area contributed by atoms with Gasteiger partial charge in [0.15, 0.2) is 5.69 Å². The number of benzene rings is 2. The highest BCUT2D eigenvalue weighted by atomic mass is 35.5. The number of carbonyl (C=O) groups excluding carboxylic acids is 1. The van der Waals surface area contributed by atoms with Crippen LogP contribution in [0, 0.1) is 6.92 Å². The van der Waals surface area contributed by atoms with Gasteiger partial charge in [0.2, 0.25) is 0 Å². The summed E-state index contributed by atoms with van der Waals surface area (Å²) in [5.74, 6) is -0.181. The van der Waals surface area contributed by atoms with E-state index in [-0.39, 0.29) is 5.91 Å². The van der Waals surface area contributed by atoms with Crippen molar-refractivity contribution in [2.45, 2.75) is 104 Å². The Morgan fingerprint density at radius 1 is 0.786 bits per heavy atom. The fourth-order valence-corrected chi connectivity index (χ4v) is 5.76. The lowest BCUT2D eigenvalue weighted by Gasteiger charge is -2.11. The third kappa shape index (κ3) is 11.1. The van der Waals surface area contributed by atoms with Crippen LogP contribution in [-0.4, -0.2) is 22.2 Å². The Bertz CT molecular complexity index is 1270. The average Bonchev–Trinajstić information content (AvgIpc) is 3.31. The quantitative estimate of drug-likeness (QED) is 0.106. The summed E-state index contributed by atoms with van der Waals surface area (Å²) >= 11 is 18.8. The van der Waals surface area contributed by atoms with Gasteiger partial charge in [-0.25, -0.2) is 4.68 Å². The maximum atomic E-state index is 13.2. The molecule has 0 atom stereocenters. The second-order valence-electron chi connectivity index (χ2n) is 11.0. The summed E-state index contributed by atoms with van der Waals surface area (Å²) in [6.45, 7) is 4.81. The molecule has 0 aliphatic heterocycles. The van der Waals surface area contributed by atoms with Gasteiger partial charge in [0.1, 0.15) is 0 Å². The van der Waals surface area contributed by atoms with Crippen LogP contribution in [0.4, 0.5) is 0 Å². The molecular formula is C35H46Cl3N3O. The van der Waals surface area contributed by atoms with Gasteiger partial charge in [-0.15, -0.1) is 0 Å². The van der Waals surface area contributed by atoms with E-state index in [1.807, 2.05) is 37.3 Å². The molecule has 2 aromatic carbocycles. The predicted molar refractivity (Wildman–Crippen MR) is 181 cm³/mol. The lowest BCUT2D eigenvalue weighted by Crippen LogP contribution is -2.25. The first kappa shape index (κ1) is 34.2. The molecule has 4 nitrogen and oxygen atoms in total. The van der Waals surface area contributed by atoms with Gasteiger partial charge in [0.05, 0.1) is 16.4 Å². The topological polar surface area (TPSA) is 46.9 Å². The van der Waals surface area contributed by atoms with Gasteiger partial charge < -0.3 is 5.32 Å². The van der Waals surface area contributed by atoms with Crippen LogP contribution < -0.4 is 5.32 Å². The zero-order valence-electron chi connectivity index (χ0n) is 25.2. The zero-order chi connectivity index (χ0) is 30.2. The van der Waals surface area contributed by atoms with Crippen LogP contribution >= 0.6 is 34.8 Å². The van der Waals surface area contributed by atoms with Crippen molar-refractivity contribution in [2.24, 2.45) is 0 Å². The minimum absolute atomic E-state index is 0.181. The molecule has 0 saturated carbocycles. The van der Waals surface area contributed by atoms with E-state index in [0.29, 0.717) is 33.0 Å². The van der Waals surface area contributed by atoms with Crippen LogP contribution in [-0.2, 0) is 0 Å². The van der Waals surface area contributed by atoms with E-state index in [1.54, 1.807) is 16.8 Å². The van der Waals surface area contributed by atoms with E-state index in [1.165, 1.54) is 77.0 Å². The molecule has 0 radical (unpaired) electrons. The van der Waals surface area contributed by atoms with Gasteiger partial charge in [-0.2, -0.15) is 5.10 Å². The minimum atomic E-state index is -0.181. The van der Waals surface area contributed by atoms with Crippen molar-refractivity contribution in [3.8, 4) is 16.9 Å². The van der Waals surface area contributed by atoms with E-state index in [9.17, 15) is 4.79 Å². The normalized spacial score (nSPS) is 11.5. The van der Waals surface area contributed by atoms with E-state index in [2.05, 4.69) is 24.4 Å². The number of hydrogen-bond donors (Lipinski definition) is 1. The SMILES string of the molecule is CCCCCCCC/C=C\CCCCCCCCNC(=O)c1nn(-c2ccc(Cl)cc2Cl)c(-c2ccc(Cl)cc2)c1C. The highest BCUT2D eigenvalue weighted by Gasteiger charge is 2.23. The lowest BCUT2D eigenvalue weighted by molar-refractivity contribution is 0.0947. The lowest BCUT2D eigenvalue weighted by atomic mass is 10.1. The average molecular weight is 631 g/mol. The molecule has 1 aromatic heterocycles. The highest BCUT2D eigenvalue weighted by molar-refractivity contribution is 6.35. The highest BCUT2D eigenvalue weighted by Crippen LogP contribution is 2.33. The van der Waals surface area contributed by atoms with Crippen LogP contribution in [0.15, 0.2) is 54.6 Å². The van der Waals surface area contributed by atoms with E-state index in [0.717, 1.165) is 29.7 Å². The third-order valence-electron chi connectivity index (χ3n) is 7.57. The summed E-state index contributed by atoms with van der Waals surface area (Å²) in [6.07, 6.45) is 22.4. The van der Waals surface area contributed by atoms with Gasteiger partial charge in [0.25, 0.3) is 5.91 Å². The number of unbranched alkanes of at least 4 members (excludes halogenated alkanes) is 12. The molecule has 0 saturated heterocycles. The predicted octanol–water partition coefficient (Wildman–Crippen LogP) is 11.6. The fourth-order valence-electron chi connectivity index (χ4n) is 5.14. The number of halogens is 3. The van der Waals surface area contributed by atoms with Gasteiger partial charge in [-0.05, 0) is 69.4 Å². The second kappa shape index (κ2) is 19.1. The number of nitrogens with one attached hydrogen (secondary N) is 1. The number of rotatable bonds is 19. The Morgan fingerprint density at radius 2 is 1.36 bits per heavy atom. The number of allylic oxidation sites excluding steroid dienone is 2. The van der Waals surface area contributed by atoms with Crippen LogP contribution in [0.1, 0.15) is 113 Å². The number of aromatic nitrogens is 2. The van der Waals surface area contributed by atoms with Crippen molar-refractivity contribution in [1.82, 2.24) is 15.1 Å². The molecule has 3 rings (SSSR count). The molecule has 1 N–H and O–H groups in total. The molecule has 0 spiro atoms. The van der Waals surface area contributed by atoms with Crippen molar-refractivity contribution in [3.05, 3.63) is 80.9 Å². The van der Waals surface area contributed by atoms with Crippen LogP contribution in [0.3, 0.4) is 0 Å². The number of amides is 1. The summed E-state index contributed by atoms with van der Waals surface area (Å²) < 4.78 is 1.72. The summed E-state index contributed by atoms with van der Waals surface area (Å²) in [7, 11) is 0. The van der Waals surface area contributed by atoms with Gasteiger partial charge in [0, 0.05) is 27.7 Å². The Morgan fingerprint density at radius 3 is 1.98 bits per heavy atom. The van der Waals surface area contributed by atoms with Crippen LogP contribution in [0.5, 0.6) is 0 Å². The smallest absolute Gasteiger partial charge is 0.272 e. The monoisotopic (exact) mass is 629 g/mol. The first-order valence-electron chi connectivity index (χ1n) is 15.7. The van der Waals surface area contributed by atoms with E-state index >= 15 is 0 Å². The molecule has 0 fully saturated rings. The van der Waals surface area contributed by atoms with Crippen molar-refractivity contribution in [1.29, 1.82) is 0 Å². The molecule has 3 aromatic rings. The molecule has 1 amide bonds. The molecular weight excluding hydrogens is 585 g/mol. The van der Waals surface area contributed by atoms with Crippen LogP contribution in [0.25, 0.3) is 16.9 Å². The standard InChI is InChI=1S/C35H46Cl3N3O/c1-3-4-5-6-7-8-9-10-11-12-13-14-15-16-17-18-25-39-35(42)33-27(2)34(28-19-21-29(36)22-20-28)41(40-33)32-24-23-30(37)26-31(32)38/h10-11,19-24,26H,3-9,12-18,25H2,1-2H3,(H,39,42)/b11-10-. The molecule has 0 bridgehead atoms. The molecule has 42 heavy (non-hydrogen) atoms. The Balaban J connectivity index is 1.42. The zero-order valence-corrected chi connectivity index (χ0v) is 27.5. The molecule has 0 unspecified atom stereocenters. The largest absolute Gasteiger partial charge is 0.351 e. The van der Waals surface area contributed by atoms with E-state index < -0.39 is 0 Å². The maximum Gasteiger partial charge on any atom is 0.272 e. The Labute approximate surface area is 267 Å². The van der Waals surface area contributed by atoms with Crippen molar-refractivity contribution >= 4 is 40.7 Å². The molecule has 0 aliphatic carbocycles. The maximum absolute atomic E-state index is 13.2. The van der Waals surface area contributed by atoms with E-state index in [4.69, 9.17) is 39.9 Å². The number of hydrogen-bond acceptors (Lipinski definition) is 2. The van der Waals surface area contributed by atoms with Crippen LogP contribution in [0.2, 0.25) is 15.1 Å². The third-order valence-corrected chi connectivity index (χ3v) is 8.36. The van der Waals surface area contributed by atoms with Crippen molar-refractivity contribution in [3.63, 3.8) is 0 Å². The van der Waals surface area contributed by atoms with Gasteiger partial charge in [-0.1, -0.05) is 124 Å². The second-order valence-corrected chi connectivity index (χ2v) is 12.3.